The van der Waals surface area contributed by atoms with Crippen molar-refractivity contribution in [2.45, 2.75) is 19.4 Å². The number of amides is 1. The van der Waals surface area contributed by atoms with Crippen molar-refractivity contribution in [2.24, 2.45) is 5.92 Å². The summed E-state index contributed by atoms with van der Waals surface area (Å²) < 4.78 is 5.08. The number of H-pyrrole nitrogens is 1. The Balaban J connectivity index is 1.60. The number of likely N-dealkylation sites (tertiary alicyclic amines) is 1. The Kier molecular flexibility index (Phi) is 4.63. The average molecular weight is 322 g/mol. The van der Waals surface area contributed by atoms with Crippen molar-refractivity contribution in [1.29, 1.82) is 0 Å². The van der Waals surface area contributed by atoms with Gasteiger partial charge in [0.05, 0.1) is 24.8 Å². The number of nitrogens with one attached hydrogen (secondary N) is 1. The Morgan fingerprint density at radius 2 is 2.26 bits per heavy atom. The highest BCUT2D eigenvalue weighted by Gasteiger charge is 2.34. The highest BCUT2D eigenvalue weighted by Crippen LogP contribution is 2.24. The van der Waals surface area contributed by atoms with Crippen LogP contribution in [0, 0.1) is 5.92 Å². The first-order valence-corrected chi connectivity index (χ1v) is 7.89. The van der Waals surface area contributed by atoms with Crippen LogP contribution in [0.25, 0.3) is 0 Å². The molecule has 2 aliphatic heterocycles. The lowest BCUT2D eigenvalue weighted by Gasteiger charge is -2.29. The number of hydrogen-bond acceptors (Lipinski definition) is 5. The van der Waals surface area contributed by atoms with Crippen molar-refractivity contribution in [3.8, 4) is 0 Å². The fourth-order valence-electron chi connectivity index (χ4n) is 3.40. The number of aromatic nitrogens is 2. The second-order valence-corrected chi connectivity index (χ2v) is 6.12. The molecule has 1 atom stereocenters. The summed E-state index contributed by atoms with van der Waals surface area (Å²) in [6.07, 6.45) is 1.41. The Labute approximate surface area is 134 Å². The van der Waals surface area contributed by atoms with Crippen molar-refractivity contribution in [1.82, 2.24) is 20.0 Å². The minimum atomic E-state index is -1.02. The van der Waals surface area contributed by atoms with Gasteiger partial charge in [0.1, 0.15) is 0 Å². The third-order valence-electron chi connectivity index (χ3n) is 4.68. The molecular formula is C15H22N4O4. The van der Waals surface area contributed by atoms with Gasteiger partial charge in [-0.3, -0.25) is 9.89 Å². The molecule has 0 aromatic carbocycles. The van der Waals surface area contributed by atoms with E-state index in [1.807, 2.05) is 4.90 Å². The standard InChI is InChI=1S/C15H22N4O4/c1-23-7-6-18-4-2-10(8-18)14(20)19-5-3-11-12(9-19)16-17-13(11)15(21)22/h10H,2-9H2,1H3,(H,16,17)(H,21,22). The molecule has 8 heteroatoms. The van der Waals surface area contributed by atoms with Crippen molar-refractivity contribution >= 4 is 11.9 Å². The average Bonchev–Trinajstić information content (AvgIpc) is 3.18. The van der Waals surface area contributed by atoms with Gasteiger partial charge >= 0.3 is 5.97 Å². The van der Waals surface area contributed by atoms with E-state index >= 15 is 0 Å². The summed E-state index contributed by atoms with van der Waals surface area (Å²) in [6, 6.07) is 0. The normalized spacial score (nSPS) is 21.4. The molecule has 1 unspecified atom stereocenters. The zero-order valence-electron chi connectivity index (χ0n) is 13.2. The summed E-state index contributed by atoms with van der Waals surface area (Å²) in [4.78, 5) is 27.9. The summed E-state index contributed by atoms with van der Waals surface area (Å²) in [5.74, 6) is -0.843. The molecule has 3 rings (SSSR count). The second kappa shape index (κ2) is 6.67. The zero-order chi connectivity index (χ0) is 16.4. The number of methoxy groups -OCH3 is 1. The van der Waals surface area contributed by atoms with Gasteiger partial charge < -0.3 is 19.6 Å². The molecule has 2 aliphatic rings. The molecule has 3 heterocycles. The predicted molar refractivity (Wildman–Crippen MR) is 81.1 cm³/mol. The molecular weight excluding hydrogens is 300 g/mol. The summed E-state index contributed by atoms with van der Waals surface area (Å²) in [5, 5.41) is 15.7. The number of carboxylic acids is 1. The molecule has 1 aromatic rings. The van der Waals surface area contributed by atoms with Crippen molar-refractivity contribution in [3.63, 3.8) is 0 Å². The monoisotopic (exact) mass is 322 g/mol. The first-order chi connectivity index (χ1) is 11.1. The Hall–Kier alpha value is -1.93. The number of carbonyl (C=O) groups excluding carboxylic acids is 1. The first-order valence-electron chi connectivity index (χ1n) is 7.89. The van der Waals surface area contributed by atoms with Gasteiger partial charge in [0.15, 0.2) is 5.69 Å². The summed E-state index contributed by atoms with van der Waals surface area (Å²) in [6.45, 7) is 4.21. The molecule has 1 saturated heterocycles. The molecule has 126 valence electrons. The van der Waals surface area contributed by atoms with Crippen LogP contribution in [0.15, 0.2) is 0 Å². The second-order valence-electron chi connectivity index (χ2n) is 6.12. The molecule has 1 amide bonds. The number of carboxylic acid groups (broad SMARTS) is 1. The number of aromatic carboxylic acids is 1. The number of fused-ring (bicyclic) bond motifs is 1. The molecule has 8 nitrogen and oxygen atoms in total. The van der Waals surface area contributed by atoms with E-state index in [1.54, 1.807) is 7.11 Å². The Morgan fingerprint density at radius 1 is 1.43 bits per heavy atom. The van der Waals surface area contributed by atoms with E-state index in [9.17, 15) is 9.59 Å². The Bertz CT molecular complexity index is 600. The lowest BCUT2D eigenvalue weighted by molar-refractivity contribution is -0.136. The van der Waals surface area contributed by atoms with Gasteiger partial charge in [-0.25, -0.2) is 4.79 Å². The quantitative estimate of drug-likeness (QED) is 0.789. The summed E-state index contributed by atoms with van der Waals surface area (Å²) in [7, 11) is 1.68. The van der Waals surface area contributed by atoms with Gasteiger partial charge in [-0.15, -0.1) is 0 Å². The molecule has 0 spiro atoms. The van der Waals surface area contributed by atoms with Crippen LogP contribution < -0.4 is 0 Å². The number of hydrogen-bond donors (Lipinski definition) is 2. The van der Waals surface area contributed by atoms with Crippen LogP contribution in [0.2, 0.25) is 0 Å². The fraction of sp³-hybridized carbons (Fsp3) is 0.667. The van der Waals surface area contributed by atoms with E-state index in [2.05, 4.69) is 15.1 Å². The molecule has 0 radical (unpaired) electrons. The van der Waals surface area contributed by atoms with Gasteiger partial charge in [0.25, 0.3) is 0 Å². The molecule has 23 heavy (non-hydrogen) atoms. The van der Waals surface area contributed by atoms with E-state index in [0.717, 1.165) is 37.3 Å². The van der Waals surface area contributed by atoms with Crippen LogP contribution in [-0.2, 0) is 22.5 Å². The predicted octanol–water partition coefficient (Wildman–Crippen LogP) is -0.0391. The SMILES string of the molecule is COCCN1CCC(C(=O)N2CCc3c(C(=O)O)n[nH]c3C2)C1. The lowest BCUT2D eigenvalue weighted by Crippen LogP contribution is -2.41. The number of rotatable bonds is 5. The van der Waals surface area contributed by atoms with Crippen molar-refractivity contribution in [3.05, 3.63) is 17.0 Å². The van der Waals surface area contributed by atoms with Gasteiger partial charge in [0, 0.05) is 32.3 Å². The van der Waals surface area contributed by atoms with Crippen LogP contribution in [0.5, 0.6) is 0 Å². The zero-order valence-corrected chi connectivity index (χ0v) is 13.2. The smallest absolute Gasteiger partial charge is 0.356 e. The number of aromatic amines is 1. The topological polar surface area (TPSA) is 98.8 Å². The molecule has 0 saturated carbocycles. The maximum absolute atomic E-state index is 12.7. The molecule has 0 aliphatic carbocycles. The van der Waals surface area contributed by atoms with E-state index in [1.165, 1.54) is 0 Å². The molecule has 2 N–H and O–H groups in total. The molecule has 1 fully saturated rings. The van der Waals surface area contributed by atoms with E-state index in [-0.39, 0.29) is 17.5 Å². The van der Waals surface area contributed by atoms with Gasteiger partial charge in [-0.05, 0) is 19.4 Å². The minimum Gasteiger partial charge on any atom is -0.476 e. The van der Waals surface area contributed by atoms with Gasteiger partial charge in [-0.2, -0.15) is 5.10 Å². The Morgan fingerprint density at radius 3 is 3.00 bits per heavy atom. The van der Waals surface area contributed by atoms with Crippen molar-refractivity contribution in [2.75, 3.05) is 39.9 Å². The van der Waals surface area contributed by atoms with Crippen LogP contribution in [0.3, 0.4) is 0 Å². The van der Waals surface area contributed by atoms with Crippen LogP contribution in [0.1, 0.15) is 28.2 Å². The van der Waals surface area contributed by atoms with E-state index in [4.69, 9.17) is 9.84 Å². The van der Waals surface area contributed by atoms with Gasteiger partial charge in [0.2, 0.25) is 5.91 Å². The van der Waals surface area contributed by atoms with Crippen LogP contribution >= 0.6 is 0 Å². The lowest BCUT2D eigenvalue weighted by atomic mass is 10.0. The minimum absolute atomic E-state index is 0.0234. The van der Waals surface area contributed by atoms with Crippen LogP contribution in [0.4, 0.5) is 0 Å². The molecule has 0 bridgehead atoms. The highest BCUT2D eigenvalue weighted by molar-refractivity contribution is 5.87. The summed E-state index contributed by atoms with van der Waals surface area (Å²) >= 11 is 0. The third kappa shape index (κ3) is 3.23. The number of nitrogens with zero attached hydrogens (tertiary/aromatic N) is 3. The summed E-state index contributed by atoms with van der Waals surface area (Å²) in [5.41, 5.74) is 1.56. The van der Waals surface area contributed by atoms with Gasteiger partial charge in [-0.1, -0.05) is 0 Å². The number of ether oxygens (including phenoxy) is 1. The molecule has 1 aromatic heterocycles. The van der Waals surface area contributed by atoms with E-state index in [0.29, 0.717) is 26.1 Å². The maximum Gasteiger partial charge on any atom is 0.356 e. The largest absolute Gasteiger partial charge is 0.476 e. The highest BCUT2D eigenvalue weighted by atomic mass is 16.5. The van der Waals surface area contributed by atoms with E-state index < -0.39 is 5.97 Å². The maximum atomic E-state index is 12.7. The number of carbonyl (C=O) groups is 2. The first kappa shape index (κ1) is 15.9. The third-order valence-corrected chi connectivity index (χ3v) is 4.68. The van der Waals surface area contributed by atoms with Crippen molar-refractivity contribution < 1.29 is 19.4 Å². The van der Waals surface area contributed by atoms with Crippen LogP contribution in [-0.4, -0.2) is 76.9 Å². The fourth-order valence-corrected chi connectivity index (χ4v) is 3.40.